The molecule has 1 saturated heterocycles. The third kappa shape index (κ3) is 8.09. The van der Waals surface area contributed by atoms with Crippen LogP contribution in [-0.4, -0.2) is 62.3 Å². The van der Waals surface area contributed by atoms with E-state index in [1.807, 2.05) is 44.2 Å². The predicted octanol–water partition coefficient (Wildman–Crippen LogP) is 4.27. The molecule has 3 N–H and O–H groups in total. The van der Waals surface area contributed by atoms with E-state index in [4.69, 9.17) is 16.3 Å². The predicted molar refractivity (Wildman–Crippen MR) is 150 cm³/mol. The highest BCUT2D eigenvalue weighted by atomic mass is 35.5. The largest absolute Gasteiger partial charge is 0.444 e. The average Bonchev–Trinajstić information content (AvgIpc) is 3.16. The summed E-state index contributed by atoms with van der Waals surface area (Å²) in [7, 11) is 0. The zero-order valence-electron chi connectivity index (χ0n) is 22.7. The van der Waals surface area contributed by atoms with E-state index in [9.17, 15) is 23.9 Å². The third-order valence-corrected chi connectivity index (χ3v) is 7.94. The van der Waals surface area contributed by atoms with Crippen LogP contribution in [0.5, 0.6) is 0 Å². The van der Waals surface area contributed by atoms with Gasteiger partial charge in [-0.15, -0.1) is 11.8 Å². The van der Waals surface area contributed by atoms with Gasteiger partial charge in [-0.3, -0.25) is 9.59 Å². The van der Waals surface area contributed by atoms with Gasteiger partial charge in [-0.05, 0) is 58.7 Å². The maximum Gasteiger partial charge on any atom is 0.407 e. The highest BCUT2D eigenvalue weighted by Crippen LogP contribution is 2.40. The van der Waals surface area contributed by atoms with Gasteiger partial charge >= 0.3 is 6.09 Å². The van der Waals surface area contributed by atoms with Crippen molar-refractivity contribution in [2.24, 2.45) is 0 Å². The van der Waals surface area contributed by atoms with Gasteiger partial charge in [0.2, 0.25) is 5.91 Å². The SMILES string of the molecule is CC(C)(C)OC(=O)N[C@@H](Cc1ccccc1)[C@H](O)C(=O)N1CSC(C)(C)[C@H]1C(=O)NCc1c(F)cccc1Cl. The fourth-order valence-corrected chi connectivity index (χ4v) is 5.67. The first-order valence-electron chi connectivity index (χ1n) is 12.6. The molecule has 0 bridgehead atoms. The molecule has 3 rings (SSSR count). The van der Waals surface area contributed by atoms with Crippen LogP contribution in [0.4, 0.5) is 9.18 Å². The Balaban J connectivity index is 1.80. The molecule has 39 heavy (non-hydrogen) atoms. The minimum absolute atomic E-state index is 0.137. The summed E-state index contributed by atoms with van der Waals surface area (Å²) in [5.41, 5.74) is 0.145. The number of amides is 3. The van der Waals surface area contributed by atoms with E-state index in [1.54, 1.807) is 20.8 Å². The Morgan fingerprint density at radius 1 is 1.18 bits per heavy atom. The van der Waals surface area contributed by atoms with Crippen LogP contribution in [0.25, 0.3) is 0 Å². The molecule has 3 atom stereocenters. The number of rotatable bonds is 8. The molecule has 0 radical (unpaired) electrons. The topological polar surface area (TPSA) is 108 Å². The Morgan fingerprint density at radius 3 is 2.46 bits per heavy atom. The van der Waals surface area contributed by atoms with E-state index in [1.165, 1.54) is 34.9 Å². The molecule has 8 nitrogen and oxygen atoms in total. The molecule has 2 aromatic carbocycles. The van der Waals surface area contributed by atoms with Crippen LogP contribution >= 0.6 is 23.4 Å². The third-order valence-electron chi connectivity index (χ3n) is 6.21. The van der Waals surface area contributed by atoms with Crippen molar-refractivity contribution in [2.45, 2.75) is 76.1 Å². The Labute approximate surface area is 237 Å². The van der Waals surface area contributed by atoms with Crippen molar-refractivity contribution in [3.63, 3.8) is 0 Å². The van der Waals surface area contributed by atoms with Crippen molar-refractivity contribution < 1.29 is 28.6 Å². The average molecular weight is 580 g/mol. The molecule has 212 valence electrons. The van der Waals surface area contributed by atoms with Crippen LogP contribution in [0.3, 0.4) is 0 Å². The molecular formula is C28H35ClFN3O5S. The molecular weight excluding hydrogens is 545 g/mol. The lowest BCUT2D eigenvalue weighted by atomic mass is 9.97. The highest BCUT2D eigenvalue weighted by Gasteiger charge is 2.49. The first kappa shape index (κ1) is 30.7. The minimum atomic E-state index is -1.66. The molecule has 0 aromatic heterocycles. The summed E-state index contributed by atoms with van der Waals surface area (Å²) >= 11 is 7.47. The number of aliphatic hydroxyl groups excluding tert-OH is 1. The number of nitrogens with one attached hydrogen (secondary N) is 2. The molecule has 1 aliphatic rings. The second kappa shape index (κ2) is 12.6. The van der Waals surface area contributed by atoms with Gasteiger partial charge in [-0.1, -0.05) is 48.0 Å². The van der Waals surface area contributed by atoms with E-state index in [-0.39, 0.29) is 29.4 Å². The molecule has 0 spiro atoms. The van der Waals surface area contributed by atoms with Crippen LogP contribution in [0.1, 0.15) is 45.7 Å². The number of benzene rings is 2. The van der Waals surface area contributed by atoms with E-state index < -0.39 is 52.3 Å². The van der Waals surface area contributed by atoms with Gasteiger partial charge in [-0.25, -0.2) is 9.18 Å². The molecule has 0 unspecified atom stereocenters. The first-order valence-corrected chi connectivity index (χ1v) is 13.9. The number of carbonyl (C=O) groups is 3. The second-order valence-corrected chi connectivity index (χ2v) is 12.9. The van der Waals surface area contributed by atoms with Gasteiger partial charge in [0.25, 0.3) is 5.91 Å². The van der Waals surface area contributed by atoms with Crippen LogP contribution in [0.15, 0.2) is 48.5 Å². The van der Waals surface area contributed by atoms with E-state index >= 15 is 0 Å². The molecule has 0 saturated carbocycles. The Bertz CT molecular complexity index is 1170. The van der Waals surface area contributed by atoms with Gasteiger partial charge in [0, 0.05) is 21.9 Å². The van der Waals surface area contributed by atoms with Crippen LogP contribution in [-0.2, 0) is 27.3 Å². The molecule has 1 fully saturated rings. The van der Waals surface area contributed by atoms with E-state index in [0.29, 0.717) is 0 Å². The van der Waals surface area contributed by atoms with E-state index in [0.717, 1.165) is 5.56 Å². The van der Waals surface area contributed by atoms with Gasteiger partial charge in [0.15, 0.2) is 6.10 Å². The lowest BCUT2D eigenvalue weighted by molar-refractivity contribution is -0.147. The molecule has 11 heteroatoms. The van der Waals surface area contributed by atoms with Gasteiger partial charge in [0.05, 0.1) is 11.9 Å². The maximum atomic E-state index is 14.2. The molecule has 2 aromatic rings. The fourth-order valence-electron chi connectivity index (χ4n) is 4.30. The van der Waals surface area contributed by atoms with Crippen molar-refractivity contribution in [2.75, 3.05) is 5.88 Å². The van der Waals surface area contributed by atoms with Crippen molar-refractivity contribution in [3.8, 4) is 0 Å². The van der Waals surface area contributed by atoms with Crippen molar-refractivity contribution >= 4 is 41.3 Å². The Morgan fingerprint density at radius 2 is 1.85 bits per heavy atom. The number of nitrogens with zero attached hydrogens (tertiary/aromatic N) is 1. The monoisotopic (exact) mass is 579 g/mol. The lowest BCUT2D eigenvalue weighted by Crippen LogP contribution is -2.58. The summed E-state index contributed by atoms with van der Waals surface area (Å²) in [6, 6.07) is 11.4. The summed E-state index contributed by atoms with van der Waals surface area (Å²) in [4.78, 5) is 40.8. The summed E-state index contributed by atoms with van der Waals surface area (Å²) in [5.74, 6) is -1.63. The van der Waals surface area contributed by atoms with Gasteiger partial charge in [-0.2, -0.15) is 0 Å². The van der Waals surface area contributed by atoms with Gasteiger partial charge < -0.3 is 25.4 Å². The number of aliphatic hydroxyl groups is 1. The zero-order chi connectivity index (χ0) is 29.0. The van der Waals surface area contributed by atoms with Crippen LogP contribution in [0.2, 0.25) is 5.02 Å². The quantitative estimate of drug-likeness (QED) is 0.431. The molecule has 0 aliphatic carbocycles. The van der Waals surface area contributed by atoms with Crippen molar-refractivity contribution in [1.82, 2.24) is 15.5 Å². The second-order valence-electron chi connectivity index (χ2n) is 10.9. The fraction of sp³-hybridized carbons (Fsp3) is 0.464. The highest BCUT2D eigenvalue weighted by molar-refractivity contribution is 8.00. The number of thioether (sulfide) groups is 1. The molecule has 1 aliphatic heterocycles. The normalized spacial score (nSPS) is 18.3. The summed E-state index contributed by atoms with van der Waals surface area (Å²) in [5, 5.41) is 16.7. The summed E-state index contributed by atoms with van der Waals surface area (Å²) < 4.78 is 18.9. The summed E-state index contributed by atoms with van der Waals surface area (Å²) in [6.07, 6.45) is -2.29. The first-order chi connectivity index (χ1) is 18.2. The summed E-state index contributed by atoms with van der Waals surface area (Å²) in [6.45, 7) is 8.60. The molecule has 3 amide bonds. The number of alkyl carbamates (subject to hydrolysis) is 1. The number of halogens is 2. The Kier molecular flexibility index (Phi) is 9.90. The standard InChI is InChI=1S/C28H35ClFN3O5S/c1-27(2,3)38-26(37)32-21(14-17-10-7-6-8-11-17)22(34)25(36)33-16-39-28(4,5)23(33)24(35)31-15-18-19(29)12-9-13-20(18)30/h6-13,21-23,34H,14-16H2,1-5H3,(H,31,35)(H,32,37)/t21-,22-,23+/m0/s1. The zero-order valence-corrected chi connectivity index (χ0v) is 24.2. The smallest absolute Gasteiger partial charge is 0.407 e. The van der Waals surface area contributed by atoms with Crippen LogP contribution in [0, 0.1) is 5.82 Å². The minimum Gasteiger partial charge on any atom is -0.444 e. The molecule has 1 heterocycles. The van der Waals surface area contributed by atoms with Gasteiger partial charge in [0.1, 0.15) is 17.5 Å². The number of hydrogen-bond acceptors (Lipinski definition) is 6. The lowest BCUT2D eigenvalue weighted by Gasteiger charge is -2.33. The van der Waals surface area contributed by atoms with Crippen molar-refractivity contribution in [3.05, 3.63) is 70.5 Å². The number of hydrogen-bond donors (Lipinski definition) is 3. The van der Waals surface area contributed by atoms with Crippen LogP contribution < -0.4 is 10.6 Å². The Hall–Kier alpha value is -2.82. The van der Waals surface area contributed by atoms with Crippen molar-refractivity contribution in [1.29, 1.82) is 0 Å². The maximum absolute atomic E-state index is 14.2. The number of ether oxygens (including phenoxy) is 1. The number of carbonyl (C=O) groups excluding carboxylic acids is 3. The van der Waals surface area contributed by atoms with E-state index in [2.05, 4.69) is 10.6 Å².